The summed E-state index contributed by atoms with van der Waals surface area (Å²) in [4.78, 5) is 2.47. The highest BCUT2D eigenvalue weighted by Gasteiger charge is 2.31. The molecule has 1 saturated carbocycles. The largest absolute Gasteiger partial charge is 0.497 e. The first-order chi connectivity index (χ1) is 9.17. The smallest absolute Gasteiger partial charge is 0.118 e. The molecule has 2 N–H and O–H groups in total. The second kappa shape index (κ2) is 6.40. The normalized spacial score (nSPS) is 19.0. The molecule has 0 saturated heterocycles. The highest BCUT2D eigenvalue weighted by Crippen LogP contribution is 2.33. The Labute approximate surface area is 116 Å². The van der Waals surface area contributed by atoms with Crippen molar-refractivity contribution in [3.8, 4) is 5.75 Å². The fourth-order valence-corrected chi connectivity index (χ4v) is 2.83. The number of nitrogens with zero attached hydrogens (tertiary/aromatic N) is 1. The molecular weight excluding hydrogens is 236 g/mol. The van der Waals surface area contributed by atoms with Crippen molar-refractivity contribution in [3.05, 3.63) is 29.8 Å². The predicted molar refractivity (Wildman–Crippen MR) is 79.4 cm³/mol. The van der Waals surface area contributed by atoms with Crippen molar-refractivity contribution >= 4 is 0 Å². The van der Waals surface area contributed by atoms with Gasteiger partial charge in [0, 0.05) is 18.1 Å². The van der Waals surface area contributed by atoms with E-state index in [2.05, 4.69) is 31.0 Å². The van der Waals surface area contributed by atoms with Gasteiger partial charge in [-0.1, -0.05) is 25.5 Å². The third-order valence-corrected chi connectivity index (χ3v) is 4.42. The van der Waals surface area contributed by atoms with Gasteiger partial charge in [0.1, 0.15) is 5.75 Å². The van der Waals surface area contributed by atoms with Gasteiger partial charge in [-0.05, 0) is 44.0 Å². The van der Waals surface area contributed by atoms with Gasteiger partial charge in [0.05, 0.1) is 7.11 Å². The van der Waals surface area contributed by atoms with Crippen LogP contribution in [-0.4, -0.2) is 31.1 Å². The van der Waals surface area contributed by atoms with Crippen molar-refractivity contribution in [2.75, 3.05) is 14.2 Å². The summed E-state index contributed by atoms with van der Waals surface area (Å²) in [5.74, 6) is 0.902. The summed E-state index contributed by atoms with van der Waals surface area (Å²) in [5, 5.41) is 0. The average Bonchev–Trinajstić information content (AvgIpc) is 2.37. The van der Waals surface area contributed by atoms with Crippen LogP contribution in [0.2, 0.25) is 0 Å². The SMILES string of the molecule is CCC(N)C(c1ccc(OC)cc1)N(C)C1CCC1. The van der Waals surface area contributed by atoms with E-state index < -0.39 is 0 Å². The number of likely N-dealkylation sites (N-methyl/N-ethyl adjacent to an activating group) is 1. The first kappa shape index (κ1) is 14.4. The Kier molecular flexibility index (Phi) is 4.83. The highest BCUT2D eigenvalue weighted by molar-refractivity contribution is 5.30. The first-order valence-electron chi connectivity index (χ1n) is 7.28. The van der Waals surface area contributed by atoms with E-state index in [-0.39, 0.29) is 6.04 Å². The number of rotatable bonds is 6. The molecule has 1 fully saturated rings. The molecule has 106 valence electrons. The summed E-state index contributed by atoms with van der Waals surface area (Å²) in [7, 11) is 3.92. The van der Waals surface area contributed by atoms with Crippen molar-refractivity contribution in [2.45, 2.75) is 50.7 Å². The van der Waals surface area contributed by atoms with Crippen LogP contribution >= 0.6 is 0 Å². The highest BCUT2D eigenvalue weighted by atomic mass is 16.5. The van der Waals surface area contributed by atoms with Crippen LogP contribution in [0.25, 0.3) is 0 Å². The van der Waals surface area contributed by atoms with Crippen LogP contribution < -0.4 is 10.5 Å². The van der Waals surface area contributed by atoms with Gasteiger partial charge >= 0.3 is 0 Å². The quantitative estimate of drug-likeness (QED) is 0.856. The van der Waals surface area contributed by atoms with E-state index in [4.69, 9.17) is 10.5 Å². The molecule has 2 rings (SSSR count). The molecule has 3 heteroatoms. The molecule has 0 aromatic heterocycles. The van der Waals surface area contributed by atoms with Gasteiger partial charge in [-0.15, -0.1) is 0 Å². The number of benzene rings is 1. The van der Waals surface area contributed by atoms with E-state index >= 15 is 0 Å². The number of hydrogen-bond acceptors (Lipinski definition) is 3. The lowest BCUT2D eigenvalue weighted by atomic mass is 9.87. The Balaban J connectivity index is 2.19. The van der Waals surface area contributed by atoms with Crippen LogP contribution in [0.5, 0.6) is 5.75 Å². The van der Waals surface area contributed by atoms with Crippen LogP contribution in [-0.2, 0) is 0 Å². The summed E-state index contributed by atoms with van der Waals surface area (Å²) >= 11 is 0. The van der Waals surface area contributed by atoms with Crippen molar-refractivity contribution in [2.24, 2.45) is 5.73 Å². The third-order valence-electron chi connectivity index (χ3n) is 4.42. The van der Waals surface area contributed by atoms with E-state index in [0.717, 1.165) is 12.2 Å². The second-order valence-corrected chi connectivity index (χ2v) is 5.54. The molecule has 1 aliphatic carbocycles. The molecule has 3 nitrogen and oxygen atoms in total. The first-order valence-corrected chi connectivity index (χ1v) is 7.28. The Morgan fingerprint density at radius 3 is 2.37 bits per heavy atom. The Morgan fingerprint density at radius 1 is 1.32 bits per heavy atom. The van der Waals surface area contributed by atoms with E-state index in [9.17, 15) is 0 Å². The predicted octanol–water partition coefficient (Wildman–Crippen LogP) is 2.96. The van der Waals surface area contributed by atoms with E-state index in [1.807, 2.05) is 12.1 Å². The Hall–Kier alpha value is -1.06. The van der Waals surface area contributed by atoms with Crippen molar-refractivity contribution in [1.29, 1.82) is 0 Å². The van der Waals surface area contributed by atoms with Gasteiger partial charge in [-0.2, -0.15) is 0 Å². The van der Waals surface area contributed by atoms with E-state index in [0.29, 0.717) is 12.1 Å². The van der Waals surface area contributed by atoms with Crippen LogP contribution in [0.1, 0.15) is 44.2 Å². The Morgan fingerprint density at radius 2 is 1.95 bits per heavy atom. The number of nitrogens with two attached hydrogens (primary N) is 1. The molecular formula is C16H26N2O. The fourth-order valence-electron chi connectivity index (χ4n) is 2.83. The Bertz CT molecular complexity index is 386. The minimum atomic E-state index is 0.180. The monoisotopic (exact) mass is 262 g/mol. The number of ether oxygens (including phenoxy) is 1. The van der Waals surface area contributed by atoms with Crippen LogP contribution in [0.15, 0.2) is 24.3 Å². The molecule has 0 amide bonds. The van der Waals surface area contributed by atoms with Crippen molar-refractivity contribution < 1.29 is 4.74 Å². The van der Waals surface area contributed by atoms with Gasteiger partial charge in [-0.25, -0.2) is 0 Å². The molecule has 1 aromatic rings. The molecule has 0 spiro atoms. The van der Waals surface area contributed by atoms with Crippen LogP contribution in [0.4, 0.5) is 0 Å². The molecule has 19 heavy (non-hydrogen) atoms. The van der Waals surface area contributed by atoms with E-state index in [1.54, 1.807) is 7.11 Å². The zero-order valence-corrected chi connectivity index (χ0v) is 12.3. The summed E-state index contributed by atoms with van der Waals surface area (Å²) in [6, 6.07) is 9.53. The van der Waals surface area contributed by atoms with E-state index in [1.165, 1.54) is 24.8 Å². The lowest BCUT2D eigenvalue weighted by Gasteiger charge is -2.42. The minimum absolute atomic E-state index is 0.180. The standard InChI is InChI=1S/C16H26N2O/c1-4-15(17)16(18(2)13-6-5-7-13)12-8-10-14(19-3)11-9-12/h8-11,13,15-16H,4-7,17H2,1-3H3. The molecule has 0 heterocycles. The van der Waals surface area contributed by atoms with Crippen molar-refractivity contribution in [1.82, 2.24) is 4.90 Å². The molecule has 0 aliphatic heterocycles. The average molecular weight is 262 g/mol. The summed E-state index contributed by atoms with van der Waals surface area (Å²) in [6.45, 7) is 2.16. The van der Waals surface area contributed by atoms with Gasteiger partial charge in [-0.3, -0.25) is 4.90 Å². The molecule has 0 radical (unpaired) electrons. The minimum Gasteiger partial charge on any atom is -0.497 e. The van der Waals surface area contributed by atoms with Gasteiger partial charge < -0.3 is 10.5 Å². The summed E-state index contributed by atoms with van der Waals surface area (Å²) in [6.07, 6.45) is 4.96. The van der Waals surface area contributed by atoms with Gasteiger partial charge in [0.25, 0.3) is 0 Å². The lowest BCUT2D eigenvalue weighted by Crippen LogP contribution is -2.46. The zero-order valence-electron chi connectivity index (χ0n) is 12.3. The van der Waals surface area contributed by atoms with Gasteiger partial charge in [0.2, 0.25) is 0 Å². The summed E-state index contributed by atoms with van der Waals surface area (Å²) < 4.78 is 5.23. The molecule has 1 aliphatic rings. The molecule has 0 bridgehead atoms. The topological polar surface area (TPSA) is 38.5 Å². The number of methoxy groups -OCH3 is 1. The summed E-state index contributed by atoms with van der Waals surface area (Å²) in [5.41, 5.74) is 7.66. The second-order valence-electron chi connectivity index (χ2n) is 5.54. The number of hydrogen-bond donors (Lipinski definition) is 1. The zero-order chi connectivity index (χ0) is 13.8. The van der Waals surface area contributed by atoms with Crippen LogP contribution in [0, 0.1) is 0 Å². The maximum absolute atomic E-state index is 6.36. The third kappa shape index (κ3) is 3.10. The maximum atomic E-state index is 6.36. The van der Waals surface area contributed by atoms with Gasteiger partial charge in [0.15, 0.2) is 0 Å². The fraction of sp³-hybridized carbons (Fsp3) is 0.625. The molecule has 1 aromatic carbocycles. The van der Waals surface area contributed by atoms with Crippen LogP contribution in [0.3, 0.4) is 0 Å². The molecule has 2 unspecified atom stereocenters. The maximum Gasteiger partial charge on any atom is 0.118 e. The van der Waals surface area contributed by atoms with Crippen molar-refractivity contribution in [3.63, 3.8) is 0 Å². The lowest BCUT2D eigenvalue weighted by molar-refractivity contribution is 0.0938. The molecule has 2 atom stereocenters.